The molecular formula is C18H18ClN3O4S2. The van der Waals surface area contributed by atoms with Crippen LogP contribution in [0.5, 0.6) is 5.75 Å². The van der Waals surface area contributed by atoms with Crippen LogP contribution in [0.4, 0.5) is 16.2 Å². The number of sulfone groups is 1. The average molecular weight is 440 g/mol. The minimum Gasteiger partial charge on any atom is -0.495 e. The van der Waals surface area contributed by atoms with Crippen molar-refractivity contribution < 1.29 is 17.9 Å². The fraction of sp³-hybridized carbons (Fsp3) is 0.222. The third-order valence-corrected chi connectivity index (χ3v) is 7.71. The number of hydrogen-bond donors (Lipinski definition) is 2. The summed E-state index contributed by atoms with van der Waals surface area (Å²) in [5, 5.41) is 5.29. The Balaban J connectivity index is 1.81. The number of thiazole rings is 1. The number of nitrogens with zero attached hydrogens (tertiary/aromatic N) is 1. The van der Waals surface area contributed by atoms with E-state index in [0.717, 1.165) is 11.3 Å². The first-order valence-electron chi connectivity index (χ1n) is 8.26. The maximum absolute atomic E-state index is 12.3. The highest BCUT2D eigenvalue weighted by Crippen LogP contribution is 2.31. The van der Waals surface area contributed by atoms with Gasteiger partial charge in [-0.1, -0.05) is 11.6 Å². The molecule has 3 rings (SSSR count). The molecule has 2 N–H and O–H groups in total. The quantitative estimate of drug-likeness (QED) is 0.595. The molecule has 0 unspecified atom stereocenters. The number of anilines is 2. The van der Waals surface area contributed by atoms with Crippen molar-refractivity contribution in [3.63, 3.8) is 0 Å². The Bertz CT molecular complexity index is 1140. The molecule has 0 bridgehead atoms. The van der Waals surface area contributed by atoms with Crippen LogP contribution in [0.25, 0.3) is 10.2 Å². The van der Waals surface area contributed by atoms with E-state index in [2.05, 4.69) is 15.6 Å². The van der Waals surface area contributed by atoms with Crippen molar-refractivity contribution in [2.75, 3.05) is 17.7 Å². The van der Waals surface area contributed by atoms with Crippen LogP contribution >= 0.6 is 22.9 Å². The highest BCUT2D eigenvalue weighted by molar-refractivity contribution is 7.94. The predicted octanol–water partition coefficient (Wildman–Crippen LogP) is 4.78. The summed E-state index contributed by atoms with van der Waals surface area (Å²) in [6, 6.07) is 9.40. The minimum atomic E-state index is -3.45. The molecule has 0 atom stereocenters. The number of halogens is 1. The lowest BCUT2D eigenvalue weighted by molar-refractivity contribution is 0.262. The SMILES string of the molecule is COc1ccc(Cl)cc1NC(=O)Nc1ccc2nc(S(=O)(=O)C(C)C)sc2c1. The Morgan fingerprint density at radius 3 is 2.61 bits per heavy atom. The molecule has 2 aromatic carbocycles. The zero-order chi connectivity index (χ0) is 20.5. The van der Waals surface area contributed by atoms with Gasteiger partial charge in [-0.3, -0.25) is 0 Å². The van der Waals surface area contributed by atoms with E-state index in [1.807, 2.05) is 0 Å². The largest absolute Gasteiger partial charge is 0.495 e. The maximum atomic E-state index is 12.3. The molecule has 148 valence electrons. The van der Waals surface area contributed by atoms with Crippen molar-refractivity contribution in [3.8, 4) is 5.75 Å². The number of amides is 2. The summed E-state index contributed by atoms with van der Waals surface area (Å²) in [5.74, 6) is 0.473. The Hall–Kier alpha value is -2.36. The van der Waals surface area contributed by atoms with Gasteiger partial charge < -0.3 is 15.4 Å². The first-order chi connectivity index (χ1) is 13.2. The van der Waals surface area contributed by atoms with Gasteiger partial charge in [0.05, 0.1) is 28.3 Å². The van der Waals surface area contributed by atoms with E-state index in [-0.39, 0.29) is 4.34 Å². The van der Waals surface area contributed by atoms with Gasteiger partial charge in [-0.15, -0.1) is 11.3 Å². The van der Waals surface area contributed by atoms with Gasteiger partial charge in [-0.25, -0.2) is 18.2 Å². The molecule has 0 radical (unpaired) electrons. The molecule has 0 aliphatic heterocycles. The Labute approximate surface area is 171 Å². The normalized spacial score (nSPS) is 11.6. The van der Waals surface area contributed by atoms with E-state index in [4.69, 9.17) is 16.3 Å². The molecule has 0 aliphatic rings. The summed E-state index contributed by atoms with van der Waals surface area (Å²) in [4.78, 5) is 16.5. The number of urea groups is 1. The summed E-state index contributed by atoms with van der Waals surface area (Å²) in [6.07, 6.45) is 0. The number of hydrogen-bond acceptors (Lipinski definition) is 6. The number of rotatable bonds is 5. The minimum absolute atomic E-state index is 0.0720. The third-order valence-electron chi connectivity index (χ3n) is 3.90. The molecule has 1 heterocycles. The summed E-state index contributed by atoms with van der Waals surface area (Å²) in [7, 11) is -1.95. The van der Waals surface area contributed by atoms with Crippen LogP contribution < -0.4 is 15.4 Å². The first-order valence-corrected chi connectivity index (χ1v) is 11.0. The van der Waals surface area contributed by atoms with Crippen LogP contribution in [-0.2, 0) is 9.84 Å². The van der Waals surface area contributed by atoms with Gasteiger partial charge in [0.1, 0.15) is 5.75 Å². The highest BCUT2D eigenvalue weighted by atomic mass is 35.5. The van der Waals surface area contributed by atoms with Crippen LogP contribution in [0.3, 0.4) is 0 Å². The molecular weight excluding hydrogens is 422 g/mol. The van der Waals surface area contributed by atoms with Crippen molar-refractivity contribution in [2.24, 2.45) is 0 Å². The van der Waals surface area contributed by atoms with Crippen LogP contribution in [0.1, 0.15) is 13.8 Å². The molecule has 1 aromatic heterocycles. The molecule has 0 spiro atoms. The number of benzene rings is 2. The van der Waals surface area contributed by atoms with Crippen molar-refractivity contribution >= 4 is 60.4 Å². The second kappa shape index (κ2) is 7.94. The van der Waals surface area contributed by atoms with Gasteiger partial charge in [0.2, 0.25) is 14.2 Å². The van der Waals surface area contributed by atoms with Crippen LogP contribution in [0, 0.1) is 0 Å². The van der Waals surface area contributed by atoms with E-state index >= 15 is 0 Å². The molecule has 28 heavy (non-hydrogen) atoms. The number of methoxy groups -OCH3 is 1. The van der Waals surface area contributed by atoms with Gasteiger partial charge in [0, 0.05) is 10.7 Å². The second-order valence-electron chi connectivity index (χ2n) is 6.18. The van der Waals surface area contributed by atoms with E-state index in [1.54, 1.807) is 50.2 Å². The lowest BCUT2D eigenvalue weighted by Crippen LogP contribution is -2.19. The van der Waals surface area contributed by atoms with E-state index in [9.17, 15) is 13.2 Å². The standard InChI is InChI=1S/C18H18ClN3O4S2/c1-10(2)28(24,25)18-22-13-6-5-12(9-16(13)27-18)20-17(23)21-14-8-11(19)4-7-15(14)26-3/h4-10H,1-3H3,(H2,20,21,23). The maximum Gasteiger partial charge on any atom is 0.323 e. The molecule has 0 aliphatic carbocycles. The second-order valence-corrected chi connectivity index (χ2v) is 10.3. The first kappa shape index (κ1) is 20.4. The molecule has 0 fully saturated rings. The fourth-order valence-electron chi connectivity index (χ4n) is 2.37. The molecule has 10 heteroatoms. The predicted molar refractivity (Wildman–Crippen MR) is 113 cm³/mol. The van der Waals surface area contributed by atoms with Gasteiger partial charge in [0.25, 0.3) is 0 Å². The number of carbonyl (C=O) groups excluding carboxylic acids is 1. The fourth-order valence-corrected chi connectivity index (χ4v) is 5.22. The van der Waals surface area contributed by atoms with Gasteiger partial charge in [-0.2, -0.15) is 0 Å². The van der Waals surface area contributed by atoms with Crippen molar-refractivity contribution in [1.29, 1.82) is 0 Å². The van der Waals surface area contributed by atoms with Crippen molar-refractivity contribution in [3.05, 3.63) is 41.4 Å². The van der Waals surface area contributed by atoms with E-state index in [0.29, 0.717) is 32.4 Å². The molecule has 3 aromatic rings. The Morgan fingerprint density at radius 1 is 1.18 bits per heavy atom. The molecule has 0 saturated heterocycles. The van der Waals surface area contributed by atoms with Gasteiger partial charge in [0.15, 0.2) is 0 Å². The Morgan fingerprint density at radius 2 is 1.93 bits per heavy atom. The van der Waals surface area contributed by atoms with E-state index in [1.165, 1.54) is 7.11 Å². The van der Waals surface area contributed by atoms with E-state index < -0.39 is 21.1 Å². The number of carbonyl (C=O) groups is 1. The molecule has 7 nitrogen and oxygen atoms in total. The summed E-state index contributed by atoms with van der Waals surface area (Å²) in [5.41, 5.74) is 1.49. The van der Waals surface area contributed by atoms with Crippen LogP contribution in [0.15, 0.2) is 40.7 Å². The topological polar surface area (TPSA) is 97.4 Å². The summed E-state index contributed by atoms with van der Waals surface area (Å²) >= 11 is 7.04. The molecule has 0 saturated carbocycles. The zero-order valence-electron chi connectivity index (χ0n) is 15.3. The zero-order valence-corrected chi connectivity index (χ0v) is 17.7. The number of nitrogens with one attached hydrogen (secondary N) is 2. The highest BCUT2D eigenvalue weighted by Gasteiger charge is 2.23. The van der Waals surface area contributed by atoms with Gasteiger partial charge in [-0.05, 0) is 50.2 Å². The van der Waals surface area contributed by atoms with Crippen LogP contribution in [0.2, 0.25) is 5.02 Å². The van der Waals surface area contributed by atoms with Crippen molar-refractivity contribution in [1.82, 2.24) is 4.98 Å². The van der Waals surface area contributed by atoms with Gasteiger partial charge >= 0.3 is 6.03 Å². The number of aromatic nitrogens is 1. The molecule has 2 amide bonds. The number of ether oxygens (including phenoxy) is 1. The van der Waals surface area contributed by atoms with Crippen molar-refractivity contribution in [2.45, 2.75) is 23.4 Å². The summed E-state index contributed by atoms with van der Waals surface area (Å²) in [6.45, 7) is 3.23. The lowest BCUT2D eigenvalue weighted by atomic mass is 10.3. The average Bonchev–Trinajstić information content (AvgIpc) is 3.06. The monoisotopic (exact) mass is 439 g/mol. The Kier molecular flexibility index (Phi) is 5.78. The smallest absolute Gasteiger partial charge is 0.323 e. The summed E-state index contributed by atoms with van der Waals surface area (Å²) < 4.78 is 30.5. The van der Waals surface area contributed by atoms with Crippen LogP contribution in [-0.4, -0.2) is 31.8 Å². The number of fused-ring (bicyclic) bond motifs is 1. The lowest BCUT2D eigenvalue weighted by Gasteiger charge is -2.11. The third kappa shape index (κ3) is 4.21.